The molecule has 1 aromatic carbocycles. The predicted molar refractivity (Wildman–Crippen MR) is 75.7 cm³/mol. The number of hydrogen-bond donors (Lipinski definition) is 2. The quantitative estimate of drug-likeness (QED) is 0.812. The lowest BCUT2D eigenvalue weighted by Gasteiger charge is -2.21. The molecule has 4 nitrogen and oxygen atoms in total. The molecule has 21 heavy (non-hydrogen) atoms. The number of nitrogens with one attached hydrogen (secondary N) is 1. The third kappa shape index (κ3) is 4.84. The van der Waals surface area contributed by atoms with E-state index in [1.165, 1.54) is 0 Å². The summed E-state index contributed by atoms with van der Waals surface area (Å²) in [6.45, 7) is 4.99. The fourth-order valence-electron chi connectivity index (χ4n) is 1.94. The summed E-state index contributed by atoms with van der Waals surface area (Å²) in [5.74, 6) is -4.30. The average Bonchev–Trinajstić information content (AvgIpc) is 2.40. The van der Waals surface area contributed by atoms with Crippen LogP contribution in [0.25, 0.3) is 0 Å². The van der Waals surface area contributed by atoms with E-state index in [0.29, 0.717) is 5.69 Å². The van der Waals surface area contributed by atoms with E-state index in [1.54, 1.807) is 24.3 Å². The highest BCUT2D eigenvalue weighted by Gasteiger charge is 2.44. The molecule has 0 heterocycles. The minimum atomic E-state index is -4.76. The molecule has 1 unspecified atom stereocenters. The molecule has 0 amide bonds. The second kappa shape index (κ2) is 7.19. The number of carbonyl (C=O) groups is 1. The van der Waals surface area contributed by atoms with Crippen molar-refractivity contribution < 1.29 is 23.1 Å². The Labute approximate surface area is 121 Å². The SMILES string of the molecule is CCN(CC)c1ccc(NCC(C(=O)O)C(F)(F)F)cc1. The number of aliphatic carboxylic acids is 1. The van der Waals surface area contributed by atoms with Crippen LogP contribution in [0.4, 0.5) is 24.5 Å². The van der Waals surface area contributed by atoms with Gasteiger partial charge < -0.3 is 15.3 Å². The first kappa shape index (κ1) is 17.1. The summed E-state index contributed by atoms with van der Waals surface area (Å²) in [6.07, 6.45) is -4.76. The highest BCUT2D eigenvalue weighted by molar-refractivity contribution is 5.72. The van der Waals surface area contributed by atoms with Gasteiger partial charge in [0.05, 0.1) is 0 Å². The molecule has 0 aliphatic carbocycles. The van der Waals surface area contributed by atoms with Gasteiger partial charge in [0, 0.05) is 31.0 Å². The van der Waals surface area contributed by atoms with Gasteiger partial charge in [0.1, 0.15) is 0 Å². The summed E-state index contributed by atoms with van der Waals surface area (Å²) in [7, 11) is 0. The van der Waals surface area contributed by atoms with E-state index in [-0.39, 0.29) is 0 Å². The molecule has 0 saturated heterocycles. The van der Waals surface area contributed by atoms with Gasteiger partial charge >= 0.3 is 12.1 Å². The van der Waals surface area contributed by atoms with Crippen molar-refractivity contribution >= 4 is 17.3 Å². The second-order valence-electron chi connectivity index (χ2n) is 4.53. The highest BCUT2D eigenvalue weighted by atomic mass is 19.4. The highest BCUT2D eigenvalue weighted by Crippen LogP contribution is 2.27. The molecule has 0 fully saturated rings. The molecule has 1 atom stereocenters. The molecule has 0 radical (unpaired) electrons. The summed E-state index contributed by atoms with van der Waals surface area (Å²) in [6, 6.07) is 6.86. The zero-order valence-electron chi connectivity index (χ0n) is 11.9. The Morgan fingerprint density at radius 1 is 1.24 bits per heavy atom. The molecular weight excluding hydrogens is 285 g/mol. The minimum absolute atomic E-state index is 0.460. The number of anilines is 2. The van der Waals surface area contributed by atoms with Crippen LogP contribution >= 0.6 is 0 Å². The van der Waals surface area contributed by atoms with Crippen LogP contribution in [-0.2, 0) is 4.79 Å². The average molecular weight is 304 g/mol. The van der Waals surface area contributed by atoms with E-state index in [9.17, 15) is 18.0 Å². The Morgan fingerprint density at radius 2 is 1.76 bits per heavy atom. The van der Waals surface area contributed by atoms with Gasteiger partial charge in [0.2, 0.25) is 0 Å². The predicted octanol–water partition coefficient (Wildman–Crippen LogP) is 3.21. The van der Waals surface area contributed by atoms with Gasteiger partial charge in [0.25, 0.3) is 0 Å². The van der Waals surface area contributed by atoms with Gasteiger partial charge in [-0.2, -0.15) is 13.2 Å². The Balaban J connectivity index is 2.70. The van der Waals surface area contributed by atoms with Crippen LogP contribution < -0.4 is 10.2 Å². The summed E-state index contributed by atoms with van der Waals surface area (Å²) < 4.78 is 37.5. The Bertz CT molecular complexity index is 456. The number of hydrogen-bond acceptors (Lipinski definition) is 3. The lowest BCUT2D eigenvalue weighted by Crippen LogP contribution is -2.36. The third-order valence-corrected chi connectivity index (χ3v) is 3.20. The van der Waals surface area contributed by atoms with Crippen LogP contribution in [0.1, 0.15) is 13.8 Å². The lowest BCUT2D eigenvalue weighted by molar-refractivity contribution is -0.190. The number of rotatable bonds is 7. The largest absolute Gasteiger partial charge is 0.481 e. The standard InChI is InChI=1S/C14H19F3N2O2/c1-3-19(4-2)11-7-5-10(6-8-11)18-9-12(13(20)21)14(15,16)17/h5-8,12,18H,3-4,9H2,1-2H3,(H,20,21). The molecular formula is C14H19F3N2O2. The number of carboxylic acids is 1. The van der Waals surface area contributed by atoms with Crippen LogP contribution in [-0.4, -0.2) is 36.9 Å². The summed E-state index contributed by atoms with van der Waals surface area (Å²) in [4.78, 5) is 12.7. The minimum Gasteiger partial charge on any atom is -0.481 e. The van der Waals surface area contributed by atoms with E-state index < -0.39 is 24.6 Å². The first-order valence-electron chi connectivity index (χ1n) is 6.68. The summed E-state index contributed by atoms with van der Waals surface area (Å²) in [5, 5.41) is 11.1. The van der Waals surface area contributed by atoms with E-state index in [0.717, 1.165) is 18.8 Å². The van der Waals surface area contributed by atoms with Crippen molar-refractivity contribution in [3.8, 4) is 0 Å². The first-order valence-corrected chi connectivity index (χ1v) is 6.68. The van der Waals surface area contributed by atoms with Gasteiger partial charge in [0.15, 0.2) is 5.92 Å². The van der Waals surface area contributed by atoms with E-state index in [4.69, 9.17) is 5.11 Å². The molecule has 7 heteroatoms. The van der Waals surface area contributed by atoms with Gasteiger partial charge in [-0.15, -0.1) is 0 Å². The van der Waals surface area contributed by atoms with Crippen molar-refractivity contribution in [3.63, 3.8) is 0 Å². The maximum Gasteiger partial charge on any atom is 0.403 e. The van der Waals surface area contributed by atoms with Gasteiger partial charge in [-0.05, 0) is 38.1 Å². The number of halogens is 3. The van der Waals surface area contributed by atoms with Crippen LogP contribution in [0.15, 0.2) is 24.3 Å². The van der Waals surface area contributed by atoms with Crippen LogP contribution in [0.3, 0.4) is 0 Å². The van der Waals surface area contributed by atoms with E-state index in [2.05, 4.69) is 10.2 Å². The molecule has 0 aromatic heterocycles. The number of nitrogens with zero attached hydrogens (tertiary/aromatic N) is 1. The molecule has 0 saturated carbocycles. The van der Waals surface area contributed by atoms with Gasteiger partial charge in [-0.25, -0.2) is 0 Å². The van der Waals surface area contributed by atoms with Crippen molar-refractivity contribution in [2.75, 3.05) is 29.9 Å². The smallest absolute Gasteiger partial charge is 0.403 e. The molecule has 0 aliphatic rings. The molecule has 118 valence electrons. The first-order chi connectivity index (χ1) is 9.79. The Morgan fingerprint density at radius 3 is 2.14 bits per heavy atom. The summed E-state index contributed by atoms with van der Waals surface area (Å²) in [5.41, 5.74) is 1.43. The maximum absolute atomic E-state index is 12.5. The van der Waals surface area contributed by atoms with Crippen molar-refractivity contribution in [1.29, 1.82) is 0 Å². The third-order valence-electron chi connectivity index (χ3n) is 3.20. The van der Waals surface area contributed by atoms with Crippen LogP contribution in [0, 0.1) is 5.92 Å². The molecule has 1 aromatic rings. The Kier molecular flexibility index (Phi) is 5.87. The van der Waals surface area contributed by atoms with Gasteiger partial charge in [-0.3, -0.25) is 4.79 Å². The Hall–Kier alpha value is -1.92. The zero-order chi connectivity index (χ0) is 16.0. The molecule has 2 N–H and O–H groups in total. The topological polar surface area (TPSA) is 52.6 Å². The van der Waals surface area contributed by atoms with E-state index >= 15 is 0 Å². The molecule has 0 spiro atoms. The van der Waals surface area contributed by atoms with Crippen molar-refractivity contribution in [1.82, 2.24) is 0 Å². The van der Waals surface area contributed by atoms with E-state index in [1.807, 2.05) is 13.8 Å². The molecule has 0 bridgehead atoms. The number of alkyl halides is 3. The van der Waals surface area contributed by atoms with Crippen molar-refractivity contribution in [2.45, 2.75) is 20.0 Å². The van der Waals surface area contributed by atoms with Crippen molar-refractivity contribution in [2.24, 2.45) is 5.92 Å². The molecule has 0 aliphatic heterocycles. The second-order valence-corrected chi connectivity index (χ2v) is 4.53. The van der Waals surface area contributed by atoms with Crippen LogP contribution in [0.5, 0.6) is 0 Å². The maximum atomic E-state index is 12.5. The number of benzene rings is 1. The zero-order valence-corrected chi connectivity index (χ0v) is 11.9. The monoisotopic (exact) mass is 304 g/mol. The number of carboxylic acid groups (broad SMARTS) is 1. The van der Waals surface area contributed by atoms with Crippen LogP contribution in [0.2, 0.25) is 0 Å². The van der Waals surface area contributed by atoms with Crippen molar-refractivity contribution in [3.05, 3.63) is 24.3 Å². The fourth-order valence-corrected chi connectivity index (χ4v) is 1.94. The lowest BCUT2D eigenvalue weighted by atomic mass is 10.1. The molecule has 1 rings (SSSR count). The normalized spacial score (nSPS) is 12.8. The fraction of sp³-hybridized carbons (Fsp3) is 0.500. The van der Waals surface area contributed by atoms with Gasteiger partial charge in [-0.1, -0.05) is 0 Å². The summed E-state index contributed by atoms with van der Waals surface area (Å²) >= 11 is 0.